The van der Waals surface area contributed by atoms with Gasteiger partial charge >= 0.3 is 35.0 Å². The third kappa shape index (κ3) is 7.57. The number of nitrogens with zero attached hydrogens (tertiary/aromatic N) is 4. The smallest absolute Gasteiger partial charge is 0.356 e. The molecule has 0 amide bonds. The molecule has 0 bridgehead atoms. The summed E-state index contributed by atoms with van der Waals surface area (Å²) in [5, 5.41) is 52.7. The van der Waals surface area contributed by atoms with Crippen LogP contribution in [0.1, 0.15) is 9.59 Å². The lowest BCUT2D eigenvalue weighted by Gasteiger charge is -2.24. The van der Waals surface area contributed by atoms with Crippen molar-refractivity contribution < 1.29 is 57.8 Å². The van der Waals surface area contributed by atoms with Crippen LogP contribution in [0.25, 0.3) is 0 Å². The number of anilines is 2. The first-order valence-corrected chi connectivity index (χ1v) is 11.3. The largest absolute Gasteiger partial charge is 0.394 e. The lowest BCUT2D eigenvalue weighted by Crippen LogP contribution is -2.53. The molecular formula is C18H20BrClF4N6O10. The van der Waals surface area contributed by atoms with Crippen LogP contribution in [0.15, 0.2) is 26.5 Å². The molecule has 10 N–H and O–H groups in total. The van der Waals surface area contributed by atoms with Crippen molar-refractivity contribution in [1.29, 1.82) is 0 Å². The van der Waals surface area contributed by atoms with E-state index < -0.39 is 83.5 Å². The van der Waals surface area contributed by atoms with E-state index in [1.54, 1.807) is 0 Å². The van der Waals surface area contributed by atoms with Crippen LogP contribution in [0.3, 0.4) is 0 Å². The lowest BCUT2D eigenvalue weighted by atomic mass is 10.1. The van der Waals surface area contributed by atoms with Crippen LogP contribution >= 0.6 is 27.5 Å². The minimum Gasteiger partial charge on any atom is -0.394 e. The first-order valence-electron chi connectivity index (χ1n) is 10.1. The SMILES string of the molecule is Nc1nc(=O)n(C(=O)C(F)(F)[C@H](O)[C@H](O)CO)cc1Br.Nc1nc(=O)n(C(=O)C(F)(F)[C@H](O)[C@H](O)CO)cc1Cl. The van der Waals surface area contributed by atoms with Gasteiger partial charge in [-0.1, -0.05) is 11.6 Å². The van der Waals surface area contributed by atoms with Crippen LogP contribution in [0.2, 0.25) is 5.02 Å². The van der Waals surface area contributed by atoms with Gasteiger partial charge in [-0.2, -0.15) is 27.5 Å². The van der Waals surface area contributed by atoms with E-state index in [2.05, 4.69) is 25.9 Å². The van der Waals surface area contributed by atoms with Crippen LogP contribution in [-0.4, -0.2) is 111 Å². The summed E-state index contributed by atoms with van der Waals surface area (Å²) in [4.78, 5) is 51.9. The molecule has 0 aromatic carbocycles. The van der Waals surface area contributed by atoms with Gasteiger partial charge in [0.15, 0.2) is 12.2 Å². The molecule has 0 spiro atoms. The van der Waals surface area contributed by atoms with E-state index in [0.717, 1.165) is 0 Å². The molecule has 2 rings (SSSR count). The summed E-state index contributed by atoms with van der Waals surface area (Å²) >= 11 is 8.25. The summed E-state index contributed by atoms with van der Waals surface area (Å²) in [5.41, 5.74) is 7.58. The average molecular weight is 672 g/mol. The molecule has 0 unspecified atom stereocenters. The van der Waals surface area contributed by atoms with Gasteiger partial charge in [0.1, 0.15) is 23.8 Å². The number of carbonyl (C=O) groups is 2. The van der Waals surface area contributed by atoms with Crippen molar-refractivity contribution in [3.05, 3.63) is 42.9 Å². The van der Waals surface area contributed by atoms with Gasteiger partial charge in [-0.05, 0) is 15.9 Å². The number of aromatic nitrogens is 4. The number of hydrogen-bond acceptors (Lipinski definition) is 14. The Morgan fingerprint density at radius 2 is 1.20 bits per heavy atom. The van der Waals surface area contributed by atoms with Crippen molar-refractivity contribution >= 4 is 51.0 Å². The van der Waals surface area contributed by atoms with Crippen LogP contribution in [0.5, 0.6) is 0 Å². The molecule has 2 aromatic heterocycles. The van der Waals surface area contributed by atoms with Crippen molar-refractivity contribution in [3.63, 3.8) is 0 Å². The summed E-state index contributed by atoms with van der Waals surface area (Å²) in [7, 11) is 0. The third-order valence-corrected chi connectivity index (χ3v) is 5.57. The Morgan fingerprint density at radius 1 is 0.850 bits per heavy atom. The first-order chi connectivity index (χ1) is 18.2. The predicted octanol–water partition coefficient (Wildman–Crippen LogP) is -2.95. The molecule has 4 atom stereocenters. The van der Waals surface area contributed by atoms with Crippen molar-refractivity contribution in [1.82, 2.24) is 19.1 Å². The van der Waals surface area contributed by atoms with Crippen molar-refractivity contribution in [3.8, 4) is 0 Å². The number of nitrogen functional groups attached to an aromatic ring is 2. The summed E-state index contributed by atoms with van der Waals surface area (Å²) in [5.74, 6) is -14.1. The summed E-state index contributed by atoms with van der Waals surface area (Å²) in [6.07, 6.45) is -9.15. The zero-order chi connectivity index (χ0) is 31.3. The Labute approximate surface area is 231 Å². The number of nitrogens with two attached hydrogens (primary N) is 2. The normalized spacial score (nSPS) is 14.9. The summed E-state index contributed by atoms with van der Waals surface area (Å²) in [6.45, 7) is -2.40. The van der Waals surface area contributed by atoms with E-state index in [9.17, 15) is 36.7 Å². The molecule has 40 heavy (non-hydrogen) atoms. The van der Waals surface area contributed by atoms with Gasteiger partial charge < -0.3 is 42.1 Å². The highest BCUT2D eigenvalue weighted by Gasteiger charge is 2.52. The van der Waals surface area contributed by atoms with E-state index in [4.69, 9.17) is 53.7 Å². The monoisotopic (exact) mass is 670 g/mol. The Bertz CT molecular complexity index is 1260. The van der Waals surface area contributed by atoms with Gasteiger partial charge in [0.25, 0.3) is 0 Å². The van der Waals surface area contributed by atoms with E-state index in [1.807, 2.05) is 0 Å². The molecule has 0 aliphatic heterocycles. The molecular weight excluding hydrogens is 652 g/mol. The average Bonchev–Trinajstić information content (AvgIpc) is 2.90. The van der Waals surface area contributed by atoms with E-state index in [-0.39, 0.29) is 19.4 Å². The molecule has 22 heteroatoms. The second kappa shape index (κ2) is 13.5. The maximum absolute atomic E-state index is 13.6. The van der Waals surface area contributed by atoms with Crippen molar-refractivity contribution in [2.75, 3.05) is 24.7 Å². The number of carbonyl (C=O) groups excluding carboxylic acids is 2. The fraction of sp³-hybridized carbons (Fsp3) is 0.444. The second-order valence-electron chi connectivity index (χ2n) is 7.50. The fourth-order valence-electron chi connectivity index (χ4n) is 2.44. The highest BCUT2D eigenvalue weighted by atomic mass is 79.9. The van der Waals surface area contributed by atoms with Crippen LogP contribution < -0.4 is 22.8 Å². The topological polar surface area (TPSA) is 277 Å². The fourth-order valence-corrected chi connectivity index (χ4v) is 2.87. The Kier molecular flexibility index (Phi) is 11.8. The van der Waals surface area contributed by atoms with E-state index >= 15 is 0 Å². The summed E-state index contributed by atoms with van der Waals surface area (Å²) < 4.78 is 54.2. The minimum atomic E-state index is -4.55. The van der Waals surface area contributed by atoms with Gasteiger partial charge in [0.05, 0.1) is 22.7 Å². The molecule has 0 aliphatic rings. The highest BCUT2D eigenvalue weighted by molar-refractivity contribution is 9.10. The molecule has 0 aliphatic carbocycles. The van der Waals surface area contributed by atoms with Gasteiger partial charge in [-0.15, -0.1) is 0 Å². The maximum Gasteiger partial charge on any atom is 0.356 e. The number of rotatable bonds is 8. The Balaban J connectivity index is 0.000000400. The number of aliphatic hydroxyl groups excluding tert-OH is 6. The zero-order valence-corrected chi connectivity index (χ0v) is 21.7. The maximum atomic E-state index is 13.6. The Hall–Kier alpha value is -3.05. The van der Waals surface area contributed by atoms with E-state index in [0.29, 0.717) is 12.4 Å². The van der Waals surface area contributed by atoms with Crippen molar-refractivity contribution in [2.24, 2.45) is 0 Å². The molecule has 0 radical (unpaired) electrons. The number of hydrogen-bond donors (Lipinski definition) is 8. The van der Waals surface area contributed by atoms with Crippen LogP contribution in [-0.2, 0) is 0 Å². The summed E-state index contributed by atoms with van der Waals surface area (Å²) in [6, 6.07) is 0. The number of halogens is 6. The number of alkyl halides is 4. The van der Waals surface area contributed by atoms with Crippen LogP contribution in [0, 0.1) is 0 Å². The lowest BCUT2D eigenvalue weighted by molar-refractivity contribution is -0.136. The minimum absolute atomic E-state index is 0.0617. The zero-order valence-electron chi connectivity index (χ0n) is 19.4. The van der Waals surface area contributed by atoms with Crippen LogP contribution in [0.4, 0.5) is 29.2 Å². The van der Waals surface area contributed by atoms with E-state index in [1.165, 1.54) is 0 Å². The molecule has 224 valence electrons. The highest BCUT2D eigenvalue weighted by Crippen LogP contribution is 2.25. The predicted molar refractivity (Wildman–Crippen MR) is 128 cm³/mol. The Morgan fingerprint density at radius 3 is 1.57 bits per heavy atom. The molecule has 0 saturated carbocycles. The third-order valence-electron chi connectivity index (χ3n) is 4.67. The molecule has 0 saturated heterocycles. The van der Waals surface area contributed by atoms with Gasteiger partial charge in [0, 0.05) is 12.4 Å². The van der Waals surface area contributed by atoms with Crippen molar-refractivity contribution in [2.45, 2.75) is 36.3 Å². The van der Waals surface area contributed by atoms with Gasteiger partial charge in [-0.3, -0.25) is 9.59 Å². The standard InChI is InChI=1S/C9H10BrF2N3O5.C9H10ClF2N3O5/c2*10-3-1-15(8(20)14-6(3)13)7(19)9(11,12)5(18)4(17)2-16/h2*1,4-5,16-18H,2H2,(H2,13,14,20)/t2*4-,5-/m11/s1. The molecule has 2 aromatic rings. The second-order valence-corrected chi connectivity index (χ2v) is 8.76. The molecule has 2 heterocycles. The molecule has 16 nitrogen and oxygen atoms in total. The number of aliphatic hydroxyl groups is 6. The van der Waals surface area contributed by atoms with Gasteiger partial charge in [-0.25, -0.2) is 18.7 Å². The molecule has 0 fully saturated rings. The quantitative estimate of drug-likeness (QED) is 0.130. The first kappa shape index (κ1) is 35.0. The van der Waals surface area contributed by atoms with Gasteiger partial charge in [0.2, 0.25) is 0 Å².